The zero-order valence-corrected chi connectivity index (χ0v) is 11.7. The van der Waals surface area contributed by atoms with Crippen LogP contribution in [0.4, 0.5) is 10.1 Å². The van der Waals surface area contributed by atoms with E-state index in [4.69, 9.17) is 23.2 Å². The fourth-order valence-electron chi connectivity index (χ4n) is 1.44. The van der Waals surface area contributed by atoms with Crippen LogP contribution < -0.4 is 4.72 Å². The minimum absolute atomic E-state index is 0.0948. The zero-order chi connectivity index (χ0) is 14.0. The second kappa shape index (κ2) is 5.36. The fraction of sp³-hybridized carbons (Fsp3) is 0. The number of hydrogen-bond donors (Lipinski definition) is 1. The molecule has 0 atom stereocenters. The van der Waals surface area contributed by atoms with Gasteiger partial charge in [0, 0.05) is 5.02 Å². The molecule has 19 heavy (non-hydrogen) atoms. The van der Waals surface area contributed by atoms with Crippen LogP contribution in [0.25, 0.3) is 0 Å². The van der Waals surface area contributed by atoms with Gasteiger partial charge < -0.3 is 0 Å². The minimum atomic E-state index is -4.05. The van der Waals surface area contributed by atoms with E-state index in [1.807, 2.05) is 0 Å². The Kier molecular flexibility index (Phi) is 3.99. The van der Waals surface area contributed by atoms with E-state index in [2.05, 4.69) is 4.72 Å². The molecule has 0 aromatic heterocycles. The van der Waals surface area contributed by atoms with Crippen molar-refractivity contribution in [3.05, 3.63) is 58.3 Å². The van der Waals surface area contributed by atoms with Gasteiger partial charge in [0.2, 0.25) is 0 Å². The van der Waals surface area contributed by atoms with Gasteiger partial charge in [0.15, 0.2) is 0 Å². The van der Waals surface area contributed by atoms with Gasteiger partial charge in [0.05, 0.1) is 10.7 Å². The van der Waals surface area contributed by atoms with Crippen LogP contribution in [0.5, 0.6) is 0 Å². The summed E-state index contributed by atoms with van der Waals surface area (Å²) in [4.78, 5) is -0.453. The molecule has 0 saturated carbocycles. The van der Waals surface area contributed by atoms with Crippen molar-refractivity contribution in [3.8, 4) is 0 Å². The molecule has 0 amide bonds. The summed E-state index contributed by atoms with van der Waals surface area (Å²) < 4.78 is 39.8. The number of rotatable bonds is 3. The molecule has 0 saturated heterocycles. The molecule has 2 aromatic carbocycles. The average molecular weight is 320 g/mol. The molecule has 100 valence electrons. The maximum atomic E-state index is 13.5. The van der Waals surface area contributed by atoms with E-state index in [1.54, 1.807) is 0 Å². The Morgan fingerprint density at radius 2 is 1.74 bits per heavy atom. The first-order chi connectivity index (χ1) is 8.90. The molecule has 0 aliphatic heterocycles. The Morgan fingerprint density at radius 1 is 1.05 bits per heavy atom. The van der Waals surface area contributed by atoms with E-state index in [0.717, 1.165) is 12.1 Å². The van der Waals surface area contributed by atoms with E-state index in [-0.39, 0.29) is 10.7 Å². The summed E-state index contributed by atoms with van der Waals surface area (Å²) in [5.74, 6) is -0.840. The van der Waals surface area contributed by atoms with Crippen LogP contribution in [0.15, 0.2) is 47.4 Å². The Bertz CT molecular complexity index is 719. The predicted molar refractivity (Wildman–Crippen MR) is 73.7 cm³/mol. The topological polar surface area (TPSA) is 46.2 Å². The number of benzene rings is 2. The largest absolute Gasteiger partial charge is 0.278 e. The van der Waals surface area contributed by atoms with Gasteiger partial charge in [-0.05, 0) is 30.3 Å². The third kappa shape index (κ3) is 3.18. The quantitative estimate of drug-likeness (QED) is 0.931. The maximum Gasteiger partial charge on any atom is 0.264 e. The standard InChI is InChI=1S/C12H8Cl2FNO2S/c13-8-5-6-9(14)11(7-8)16-19(17,18)12-4-2-1-3-10(12)15/h1-7,16H. The van der Waals surface area contributed by atoms with Gasteiger partial charge in [-0.1, -0.05) is 35.3 Å². The molecular formula is C12H8Cl2FNO2S. The Balaban J connectivity index is 2.43. The van der Waals surface area contributed by atoms with Gasteiger partial charge in [-0.3, -0.25) is 4.72 Å². The van der Waals surface area contributed by atoms with Gasteiger partial charge in [0.1, 0.15) is 10.7 Å². The van der Waals surface area contributed by atoms with Gasteiger partial charge >= 0.3 is 0 Å². The highest BCUT2D eigenvalue weighted by Crippen LogP contribution is 2.28. The average Bonchev–Trinajstić information content (AvgIpc) is 2.34. The Hall–Kier alpha value is -1.30. The van der Waals surface area contributed by atoms with E-state index in [9.17, 15) is 12.8 Å². The third-order valence-corrected chi connectivity index (χ3v) is 4.26. The first kappa shape index (κ1) is 14.1. The highest BCUT2D eigenvalue weighted by molar-refractivity contribution is 7.92. The van der Waals surface area contributed by atoms with Crippen molar-refractivity contribution < 1.29 is 12.8 Å². The molecule has 7 heteroatoms. The third-order valence-electron chi connectivity index (χ3n) is 2.30. The SMILES string of the molecule is O=S(=O)(Nc1cc(Cl)ccc1Cl)c1ccccc1F. The first-order valence-corrected chi connectivity index (χ1v) is 7.36. The zero-order valence-electron chi connectivity index (χ0n) is 9.40. The van der Waals surface area contributed by atoms with Crippen molar-refractivity contribution in [2.75, 3.05) is 4.72 Å². The molecular weight excluding hydrogens is 312 g/mol. The number of anilines is 1. The Morgan fingerprint density at radius 3 is 2.42 bits per heavy atom. The summed E-state index contributed by atoms with van der Waals surface area (Å²) in [6.07, 6.45) is 0. The van der Waals surface area contributed by atoms with Crippen molar-refractivity contribution in [1.82, 2.24) is 0 Å². The molecule has 0 aliphatic rings. The maximum absolute atomic E-state index is 13.5. The molecule has 2 rings (SSSR count). The summed E-state index contributed by atoms with van der Waals surface area (Å²) >= 11 is 11.6. The molecule has 0 unspecified atom stereocenters. The fourth-order valence-corrected chi connectivity index (χ4v) is 2.98. The smallest absolute Gasteiger partial charge is 0.264 e. The number of hydrogen-bond acceptors (Lipinski definition) is 2. The lowest BCUT2D eigenvalue weighted by Crippen LogP contribution is -2.14. The lowest BCUT2D eigenvalue weighted by atomic mass is 10.3. The summed E-state index contributed by atoms with van der Waals surface area (Å²) in [6, 6.07) is 9.37. The highest BCUT2D eigenvalue weighted by atomic mass is 35.5. The van der Waals surface area contributed by atoms with E-state index >= 15 is 0 Å². The molecule has 3 nitrogen and oxygen atoms in total. The molecule has 0 radical (unpaired) electrons. The number of sulfonamides is 1. The Labute approximate surface area is 120 Å². The van der Waals surface area contributed by atoms with Crippen molar-refractivity contribution >= 4 is 38.9 Å². The lowest BCUT2D eigenvalue weighted by molar-refractivity contribution is 0.570. The van der Waals surface area contributed by atoms with E-state index in [1.165, 1.54) is 30.3 Å². The molecule has 0 heterocycles. The van der Waals surface area contributed by atoms with E-state index < -0.39 is 20.7 Å². The van der Waals surface area contributed by atoms with Crippen LogP contribution in [0.3, 0.4) is 0 Å². The second-order valence-corrected chi connectivity index (χ2v) is 6.15. The lowest BCUT2D eigenvalue weighted by Gasteiger charge is -2.10. The van der Waals surface area contributed by atoms with Crippen LogP contribution in [-0.2, 0) is 10.0 Å². The molecule has 0 aliphatic carbocycles. The first-order valence-electron chi connectivity index (χ1n) is 5.12. The second-order valence-electron chi connectivity index (χ2n) is 3.66. The molecule has 1 N–H and O–H groups in total. The van der Waals surface area contributed by atoms with Gasteiger partial charge in [0.25, 0.3) is 10.0 Å². The number of halogens is 3. The summed E-state index contributed by atoms with van der Waals surface area (Å²) in [5, 5.41) is 0.486. The van der Waals surface area contributed by atoms with Crippen molar-refractivity contribution in [3.63, 3.8) is 0 Å². The molecule has 2 aromatic rings. The van der Waals surface area contributed by atoms with E-state index in [0.29, 0.717) is 5.02 Å². The van der Waals surface area contributed by atoms with Crippen LogP contribution in [0.2, 0.25) is 10.0 Å². The van der Waals surface area contributed by atoms with Crippen molar-refractivity contribution in [2.45, 2.75) is 4.90 Å². The summed E-state index contributed by atoms with van der Waals surface area (Å²) in [5.41, 5.74) is 0.0948. The molecule has 0 fully saturated rings. The number of nitrogens with one attached hydrogen (secondary N) is 1. The summed E-state index contributed by atoms with van der Waals surface area (Å²) in [7, 11) is -4.05. The van der Waals surface area contributed by atoms with Crippen molar-refractivity contribution in [2.24, 2.45) is 0 Å². The molecule has 0 bridgehead atoms. The normalized spacial score (nSPS) is 11.3. The highest BCUT2D eigenvalue weighted by Gasteiger charge is 2.19. The molecule has 0 spiro atoms. The van der Waals surface area contributed by atoms with Crippen LogP contribution in [-0.4, -0.2) is 8.42 Å². The minimum Gasteiger partial charge on any atom is -0.278 e. The van der Waals surface area contributed by atoms with Crippen LogP contribution >= 0.6 is 23.2 Å². The van der Waals surface area contributed by atoms with Gasteiger partial charge in [-0.2, -0.15) is 0 Å². The van der Waals surface area contributed by atoms with Crippen molar-refractivity contribution in [1.29, 1.82) is 0 Å². The monoisotopic (exact) mass is 319 g/mol. The van der Waals surface area contributed by atoms with Crippen LogP contribution in [0.1, 0.15) is 0 Å². The predicted octanol–water partition coefficient (Wildman–Crippen LogP) is 3.93. The van der Waals surface area contributed by atoms with Gasteiger partial charge in [-0.15, -0.1) is 0 Å². The summed E-state index contributed by atoms with van der Waals surface area (Å²) in [6.45, 7) is 0. The van der Waals surface area contributed by atoms with Gasteiger partial charge in [-0.25, -0.2) is 12.8 Å². The van der Waals surface area contributed by atoms with Crippen LogP contribution in [0, 0.1) is 5.82 Å².